The van der Waals surface area contributed by atoms with Crippen molar-refractivity contribution in [2.45, 2.75) is 13.0 Å². The van der Waals surface area contributed by atoms with Gasteiger partial charge in [-0.1, -0.05) is 36.4 Å². The number of carbonyl (C=O) groups is 3. The number of carbonyl (C=O) groups excluding carboxylic acids is 3. The van der Waals surface area contributed by atoms with Crippen molar-refractivity contribution in [3.63, 3.8) is 0 Å². The second-order valence-corrected chi connectivity index (χ2v) is 5.58. The maximum absolute atomic E-state index is 12.8. The van der Waals surface area contributed by atoms with Crippen molar-refractivity contribution in [2.75, 3.05) is 20.8 Å². The molecule has 2 rings (SSSR count). The van der Waals surface area contributed by atoms with Gasteiger partial charge >= 0.3 is 12.0 Å². The highest BCUT2D eigenvalue weighted by molar-refractivity contribution is 6.00. The summed E-state index contributed by atoms with van der Waals surface area (Å²) in [5.74, 6) is -1.13. The molecule has 2 aromatic rings. The summed E-state index contributed by atoms with van der Waals surface area (Å²) >= 11 is 0. The first-order chi connectivity index (χ1) is 13.5. The Hall–Kier alpha value is -3.55. The second-order valence-electron chi connectivity index (χ2n) is 5.58. The van der Waals surface area contributed by atoms with E-state index in [0.717, 1.165) is 0 Å². The number of hydrogen-bond donors (Lipinski definition) is 2. The predicted molar refractivity (Wildman–Crippen MR) is 101 cm³/mol. The van der Waals surface area contributed by atoms with Crippen molar-refractivity contribution >= 4 is 17.9 Å². The number of urea groups is 1. The maximum atomic E-state index is 12.8. The number of amides is 3. The molecule has 0 saturated carbocycles. The van der Waals surface area contributed by atoms with Crippen molar-refractivity contribution in [1.82, 2.24) is 10.6 Å². The fourth-order valence-electron chi connectivity index (χ4n) is 2.50. The standard InChI is InChI=1S/C20H22N2O6/c1-4-21-20(25)22-18(23)17(13-9-6-5-7-10-13)28-19(24)16-14(26-2)11-8-12-15(16)27-3/h5-12,17H,4H2,1-3H3,(H2,21,22,23,25)/t17-/m1/s1. The summed E-state index contributed by atoms with van der Waals surface area (Å²) in [7, 11) is 2.81. The van der Waals surface area contributed by atoms with Gasteiger partial charge in [-0.15, -0.1) is 0 Å². The summed E-state index contributed by atoms with van der Waals surface area (Å²) in [5, 5.41) is 4.62. The average molecular weight is 386 g/mol. The van der Waals surface area contributed by atoms with Crippen LogP contribution in [0.15, 0.2) is 48.5 Å². The Morgan fingerprint density at radius 2 is 1.54 bits per heavy atom. The zero-order valence-corrected chi connectivity index (χ0v) is 15.9. The van der Waals surface area contributed by atoms with Crippen LogP contribution in [-0.4, -0.2) is 38.7 Å². The highest BCUT2D eigenvalue weighted by Crippen LogP contribution is 2.31. The van der Waals surface area contributed by atoms with E-state index in [9.17, 15) is 14.4 Å². The molecule has 148 valence electrons. The molecular weight excluding hydrogens is 364 g/mol. The SMILES string of the molecule is CCNC(=O)NC(=O)[C@H](OC(=O)c1c(OC)cccc1OC)c1ccccc1. The summed E-state index contributed by atoms with van der Waals surface area (Å²) in [6.07, 6.45) is -1.34. The molecular formula is C20H22N2O6. The minimum Gasteiger partial charge on any atom is -0.496 e. The Kier molecular flexibility index (Phi) is 7.38. The average Bonchev–Trinajstić information content (AvgIpc) is 2.71. The van der Waals surface area contributed by atoms with Gasteiger partial charge in [0, 0.05) is 12.1 Å². The topological polar surface area (TPSA) is 103 Å². The van der Waals surface area contributed by atoms with Crippen LogP contribution in [0.25, 0.3) is 0 Å². The molecule has 0 saturated heterocycles. The Morgan fingerprint density at radius 1 is 0.929 bits per heavy atom. The molecule has 2 N–H and O–H groups in total. The largest absolute Gasteiger partial charge is 0.496 e. The van der Waals surface area contributed by atoms with Crippen molar-refractivity contribution in [3.05, 3.63) is 59.7 Å². The van der Waals surface area contributed by atoms with Crippen LogP contribution in [-0.2, 0) is 9.53 Å². The minimum absolute atomic E-state index is 0.0410. The number of nitrogens with one attached hydrogen (secondary N) is 2. The molecule has 0 fully saturated rings. The molecule has 0 aromatic heterocycles. The van der Waals surface area contributed by atoms with E-state index in [1.165, 1.54) is 14.2 Å². The number of imide groups is 1. The normalized spacial score (nSPS) is 11.1. The monoisotopic (exact) mass is 386 g/mol. The van der Waals surface area contributed by atoms with Crippen molar-refractivity contribution in [1.29, 1.82) is 0 Å². The molecule has 0 unspecified atom stereocenters. The third-order valence-corrected chi connectivity index (χ3v) is 3.77. The lowest BCUT2D eigenvalue weighted by molar-refractivity contribution is -0.129. The van der Waals surface area contributed by atoms with Crippen LogP contribution in [0.1, 0.15) is 28.9 Å². The summed E-state index contributed by atoms with van der Waals surface area (Å²) in [5.41, 5.74) is 0.450. The van der Waals surface area contributed by atoms with Gasteiger partial charge in [-0.05, 0) is 19.1 Å². The predicted octanol–water partition coefficient (Wildman–Crippen LogP) is 2.45. The molecule has 8 nitrogen and oxygen atoms in total. The van der Waals surface area contributed by atoms with E-state index in [0.29, 0.717) is 12.1 Å². The smallest absolute Gasteiger partial charge is 0.346 e. The van der Waals surface area contributed by atoms with E-state index in [1.54, 1.807) is 55.5 Å². The Bertz CT molecular complexity index is 816. The zero-order chi connectivity index (χ0) is 20.5. The van der Waals surface area contributed by atoms with Gasteiger partial charge in [-0.2, -0.15) is 0 Å². The van der Waals surface area contributed by atoms with E-state index in [2.05, 4.69) is 10.6 Å². The first-order valence-electron chi connectivity index (χ1n) is 8.57. The number of methoxy groups -OCH3 is 2. The van der Waals surface area contributed by atoms with Gasteiger partial charge in [-0.3, -0.25) is 10.1 Å². The number of esters is 1. The third kappa shape index (κ3) is 5.00. The van der Waals surface area contributed by atoms with Crippen molar-refractivity contribution in [2.24, 2.45) is 0 Å². The molecule has 0 aliphatic rings. The molecule has 28 heavy (non-hydrogen) atoms. The van der Waals surface area contributed by atoms with Crippen LogP contribution >= 0.6 is 0 Å². The lowest BCUT2D eigenvalue weighted by atomic mass is 10.1. The molecule has 1 atom stereocenters. The molecule has 0 aliphatic carbocycles. The Labute approximate surface area is 162 Å². The first-order valence-corrected chi connectivity index (χ1v) is 8.57. The van der Waals surface area contributed by atoms with Gasteiger partial charge in [0.2, 0.25) is 6.10 Å². The van der Waals surface area contributed by atoms with E-state index in [1.807, 2.05) is 0 Å². The molecule has 0 radical (unpaired) electrons. The number of rotatable bonds is 7. The van der Waals surface area contributed by atoms with Gasteiger partial charge < -0.3 is 19.5 Å². The van der Waals surface area contributed by atoms with Crippen LogP contribution in [0.3, 0.4) is 0 Å². The van der Waals surface area contributed by atoms with Crippen LogP contribution in [0, 0.1) is 0 Å². The van der Waals surface area contributed by atoms with Crippen molar-refractivity contribution in [3.8, 4) is 11.5 Å². The summed E-state index contributed by atoms with van der Waals surface area (Å²) in [6, 6.07) is 12.5. The molecule has 0 bridgehead atoms. The molecule has 2 aromatic carbocycles. The number of hydrogen-bond acceptors (Lipinski definition) is 6. The zero-order valence-electron chi connectivity index (χ0n) is 15.9. The Balaban J connectivity index is 2.34. The van der Waals surface area contributed by atoms with Gasteiger partial charge in [-0.25, -0.2) is 9.59 Å². The van der Waals surface area contributed by atoms with Crippen molar-refractivity contribution < 1.29 is 28.6 Å². The number of benzene rings is 2. The highest BCUT2D eigenvalue weighted by atomic mass is 16.6. The van der Waals surface area contributed by atoms with Gasteiger partial charge in [0.05, 0.1) is 14.2 Å². The lowest BCUT2D eigenvalue weighted by Crippen LogP contribution is -2.42. The quantitative estimate of drug-likeness (QED) is 0.709. The summed E-state index contributed by atoms with van der Waals surface area (Å²) in [6.45, 7) is 2.06. The fraction of sp³-hybridized carbons (Fsp3) is 0.250. The molecule has 0 spiro atoms. The molecule has 0 aliphatic heterocycles. The van der Waals surface area contributed by atoms with Gasteiger partial charge in [0.25, 0.3) is 5.91 Å². The molecule has 0 heterocycles. The van der Waals surface area contributed by atoms with Crippen LogP contribution in [0.4, 0.5) is 4.79 Å². The van der Waals surface area contributed by atoms with Crippen LogP contribution in [0.2, 0.25) is 0 Å². The molecule has 8 heteroatoms. The minimum atomic E-state index is -1.34. The van der Waals surface area contributed by atoms with Crippen LogP contribution in [0.5, 0.6) is 11.5 Å². The fourth-order valence-corrected chi connectivity index (χ4v) is 2.50. The third-order valence-electron chi connectivity index (χ3n) is 3.77. The van der Waals surface area contributed by atoms with Gasteiger partial charge in [0.1, 0.15) is 17.1 Å². The summed E-state index contributed by atoms with van der Waals surface area (Å²) < 4.78 is 15.9. The van der Waals surface area contributed by atoms with E-state index < -0.39 is 24.0 Å². The maximum Gasteiger partial charge on any atom is 0.346 e. The molecule has 3 amide bonds. The number of ether oxygens (including phenoxy) is 3. The van der Waals surface area contributed by atoms with E-state index in [4.69, 9.17) is 14.2 Å². The highest BCUT2D eigenvalue weighted by Gasteiger charge is 2.29. The Morgan fingerprint density at radius 3 is 2.07 bits per heavy atom. The lowest BCUT2D eigenvalue weighted by Gasteiger charge is -2.19. The summed E-state index contributed by atoms with van der Waals surface area (Å²) in [4.78, 5) is 37.2. The first kappa shape index (κ1) is 20.8. The van der Waals surface area contributed by atoms with E-state index >= 15 is 0 Å². The van der Waals surface area contributed by atoms with Crippen LogP contribution < -0.4 is 20.1 Å². The van der Waals surface area contributed by atoms with E-state index in [-0.39, 0.29) is 17.1 Å². The van der Waals surface area contributed by atoms with Gasteiger partial charge in [0.15, 0.2) is 0 Å². The second kappa shape index (κ2) is 9.96.